The maximum absolute atomic E-state index is 6.67. The van der Waals surface area contributed by atoms with E-state index in [0.717, 1.165) is 25.5 Å². The van der Waals surface area contributed by atoms with Gasteiger partial charge in [-0.05, 0) is 93.4 Å². The summed E-state index contributed by atoms with van der Waals surface area (Å²) in [5.74, 6) is 0. The summed E-state index contributed by atoms with van der Waals surface area (Å²) in [6, 6.07) is 20.1. The Hall–Kier alpha value is -1.56. The van der Waals surface area contributed by atoms with Crippen molar-refractivity contribution in [1.82, 2.24) is 0 Å². The first-order valence-corrected chi connectivity index (χ1v) is 13.6. The van der Waals surface area contributed by atoms with Crippen LogP contribution in [0, 0.1) is 10.5 Å². The highest BCUT2D eigenvalue weighted by molar-refractivity contribution is 14.1. The molecule has 4 aromatic rings. The molecule has 0 aliphatic heterocycles. The fourth-order valence-corrected chi connectivity index (χ4v) is 5.77. The fraction of sp³-hybridized carbons (Fsp3) is 0.310. The molecular weight excluding hydrogens is 557 g/mol. The monoisotopic (exact) mass is 587 g/mol. The van der Waals surface area contributed by atoms with Crippen molar-refractivity contribution in [3.05, 3.63) is 85.3 Å². The van der Waals surface area contributed by atoms with Gasteiger partial charge >= 0.3 is 0 Å². The third-order valence-electron chi connectivity index (χ3n) is 6.05. The minimum Gasteiger partial charge on any atom is -0.308 e. The summed E-state index contributed by atoms with van der Waals surface area (Å²) in [6.07, 6.45) is 0. The van der Waals surface area contributed by atoms with Gasteiger partial charge in [0.1, 0.15) is 0 Å². The molecule has 0 amide bonds. The van der Waals surface area contributed by atoms with Crippen LogP contribution in [0.4, 0.5) is 17.1 Å². The zero-order valence-corrected chi connectivity index (χ0v) is 24.1. The predicted molar refractivity (Wildman–Crippen MR) is 156 cm³/mol. The van der Waals surface area contributed by atoms with Crippen molar-refractivity contribution in [2.24, 2.45) is 0 Å². The molecule has 0 bridgehead atoms. The van der Waals surface area contributed by atoms with Crippen LogP contribution in [0.25, 0.3) is 10.1 Å². The maximum Gasteiger partial charge on any atom is 0.0647 e. The molecule has 0 aliphatic carbocycles. The van der Waals surface area contributed by atoms with Crippen molar-refractivity contribution < 1.29 is 0 Å². The molecule has 0 aliphatic rings. The summed E-state index contributed by atoms with van der Waals surface area (Å²) >= 11 is 10.8. The van der Waals surface area contributed by atoms with Crippen LogP contribution in [0.15, 0.2) is 60.0 Å². The van der Waals surface area contributed by atoms with Gasteiger partial charge in [-0.3, -0.25) is 0 Å². The van der Waals surface area contributed by atoms with Gasteiger partial charge in [0.15, 0.2) is 0 Å². The van der Waals surface area contributed by atoms with Crippen LogP contribution in [-0.4, -0.2) is 0 Å². The zero-order chi connectivity index (χ0) is 24.1. The van der Waals surface area contributed by atoms with E-state index < -0.39 is 0 Å². The van der Waals surface area contributed by atoms with E-state index in [1.807, 2.05) is 6.07 Å². The molecular formula is C29H31ClINS. The quantitative estimate of drug-likeness (QED) is 0.216. The summed E-state index contributed by atoms with van der Waals surface area (Å²) in [5.41, 5.74) is 7.48. The summed E-state index contributed by atoms with van der Waals surface area (Å²) in [6.45, 7) is 15.7. The van der Waals surface area contributed by atoms with Crippen LogP contribution < -0.4 is 4.90 Å². The Balaban J connectivity index is 1.98. The first-order chi connectivity index (χ1) is 15.4. The van der Waals surface area contributed by atoms with Crippen LogP contribution >= 0.6 is 45.5 Å². The molecule has 4 heteroatoms. The van der Waals surface area contributed by atoms with Crippen LogP contribution in [0.2, 0.25) is 5.02 Å². The van der Waals surface area contributed by atoms with E-state index in [4.69, 9.17) is 11.6 Å². The van der Waals surface area contributed by atoms with Gasteiger partial charge in [0.2, 0.25) is 0 Å². The maximum atomic E-state index is 6.67. The van der Waals surface area contributed by atoms with E-state index in [1.165, 1.54) is 26.9 Å². The average molecular weight is 588 g/mol. The average Bonchev–Trinajstić information content (AvgIpc) is 3.14. The second-order valence-corrected chi connectivity index (χ2v) is 13.2. The Bertz CT molecular complexity index is 1310. The molecule has 172 valence electrons. The molecule has 0 atom stereocenters. The smallest absolute Gasteiger partial charge is 0.0647 e. The molecule has 0 fully saturated rings. The Morgan fingerprint density at radius 1 is 0.788 bits per heavy atom. The Kier molecular flexibility index (Phi) is 6.63. The van der Waals surface area contributed by atoms with Crippen molar-refractivity contribution >= 4 is 72.7 Å². The van der Waals surface area contributed by atoms with E-state index in [-0.39, 0.29) is 10.8 Å². The molecule has 33 heavy (non-hydrogen) atoms. The lowest BCUT2D eigenvalue weighted by atomic mass is 9.86. The van der Waals surface area contributed by atoms with Crippen molar-refractivity contribution in [3.63, 3.8) is 0 Å². The number of hydrogen-bond donors (Lipinski definition) is 0. The Morgan fingerprint density at radius 2 is 1.39 bits per heavy atom. The summed E-state index contributed by atoms with van der Waals surface area (Å²) in [4.78, 5) is 2.37. The van der Waals surface area contributed by atoms with Gasteiger partial charge in [-0.1, -0.05) is 71.3 Å². The van der Waals surface area contributed by atoms with E-state index in [0.29, 0.717) is 0 Å². The van der Waals surface area contributed by atoms with Gasteiger partial charge in [-0.15, -0.1) is 11.3 Å². The number of rotatable bonds is 3. The molecule has 4 rings (SSSR count). The predicted octanol–water partition coefficient (Wildman–Crippen LogP) is 10.5. The van der Waals surface area contributed by atoms with Gasteiger partial charge in [-0.25, -0.2) is 0 Å². The molecule has 0 spiro atoms. The zero-order valence-electron chi connectivity index (χ0n) is 20.4. The number of benzene rings is 3. The number of hydrogen-bond acceptors (Lipinski definition) is 2. The molecule has 0 unspecified atom stereocenters. The molecule has 3 aromatic carbocycles. The number of aryl methyl sites for hydroxylation is 1. The highest BCUT2D eigenvalue weighted by Crippen LogP contribution is 2.46. The van der Waals surface area contributed by atoms with Gasteiger partial charge in [-0.2, -0.15) is 0 Å². The van der Waals surface area contributed by atoms with Crippen LogP contribution in [-0.2, 0) is 10.8 Å². The van der Waals surface area contributed by atoms with E-state index in [1.54, 1.807) is 11.3 Å². The first kappa shape index (κ1) is 24.6. The second kappa shape index (κ2) is 8.90. The Morgan fingerprint density at radius 3 is 2.00 bits per heavy atom. The molecule has 1 nitrogen and oxygen atoms in total. The van der Waals surface area contributed by atoms with Crippen molar-refractivity contribution in [1.29, 1.82) is 0 Å². The number of halogens is 2. The third-order valence-corrected chi connectivity index (χ3v) is 8.75. The minimum atomic E-state index is 0.0909. The standard InChI is InChI=1S/C29H31ClINS/c1-18-14-23(30)27(31)24(15-18)32(21-11-8-19(9-12-21)28(2,3)4)25-17-33-26-13-10-20(16-22(25)26)29(5,6)7/h8-17H,1-7H3. The molecule has 0 saturated heterocycles. The lowest BCUT2D eigenvalue weighted by molar-refractivity contribution is 0.590. The number of thiophene rings is 1. The van der Waals surface area contributed by atoms with Gasteiger partial charge in [0.25, 0.3) is 0 Å². The number of anilines is 3. The van der Waals surface area contributed by atoms with Crippen molar-refractivity contribution in [2.75, 3.05) is 4.90 Å². The summed E-state index contributed by atoms with van der Waals surface area (Å²) < 4.78 is 2.36. The van der Waals surface area contributed by atoms with E-state index in [2.05, 4.69) is 130 Å². The van der Waals surface area contributed by atoms with Crippen LogP contribution in [0.1, 0.15) is 58.2 Å². The molecule has 1 heterocycles. The molecule has 0 saturated carbocycles. The first-order valence-electron chi connectivity index (χ1n) is 11.2. The van der Waals surface area contributed by atoms with Crippen molar-refractivity contribution in [3.8, 4) is 0 Å². The van der Waals surface area contributed by atoms with Gasteiger partial charge in [0.05, 0.1) is 20.0 Å². The van der Waals surface area contributed by atoms with Crippen LogP contribution in [0.5, 0.6) is 0 Å². The topological polar surface area (TPSA) is 3.24 Å². The summed E-state index contributed by atoms with van der Waals surface area (Å²) in [5, 5.41) is 4.35. The summed E-state index contributed by atoms with van der Waals surface area (Å²) in [7, 11) is 0. The lowest BCUT2D eigenvalue weighted by Crippen LogP contribution is -2.14. The van der Waals surface area contributed by atoms with E-state index >= 15 is 0 Å². The largest absolute Gasteiger partial charge is 0.308 e. The minimum absolute atomic E-state index is 0.0909. The normalized spacial score (nSPS) is 12.4. The fourth-order valence-electron chi connectivity index (χ4n) is 4.04. The highest BCUT2D eigenvalue weighted by atomic mass is 127. The highest BCUT2D eigenvalue weighted by Gasteiger charge is 2.23. The van der Waals surface area contributed by atoms with Crippen LogP contribution in [0.3, 0.4) is 0 Å². The molecule has 0 radical (unpaired) electrons. The van der Waals surface area contributed by atoms with E-state index in [9.17, 15) is 0 Å². The molecule has 1 aromatic heterocycles. The van der Waals surface area contributed by atoms with Gasteiger partial charge in [0, 0.05) is 21.2 Å². The van der Waals surface area contributed by atoms with Gasteiger partial charge < -0.3 is 4.90 Å². The molecule has 0 N–H and O–H groups in total. The second-order valence-electron chi connectivity index (χ2n) is 10.8. The number of nitrogens with zero attached hydrogens (tertiary/aromatic N) is 1. The van der Waals surface area contributed by atoms with Crippen molar-refractivity contribution in [2.45, 2.75) is 59.3 Å². The lowest BCUT2D eigenvalue weighted by Gasteiger charge is -2.28. The SMILES string of the molecule is Cc1cc(Cl)c(I)c(N(c2ccc(C(C)(C)C)cc2)c2csc3ccc(C(C)(C)C)cc23)c1. The third kappa shape index (κ3) is 4.96. The number of fused-ring (bicyclic) bond motifs is 1. The Labute approximate surface area is 220 Å².